The van der Waals surface area contributed by atoms with Crippen LogP contribution in [0.1, 0.15) is 5.56 Å². The van der Waals surface area contributed by atoms with Crippen LogP contribution in [0.3, 0.4) is 0 Å². The molecule has 0 unspecified atom stereocenters. The second-order valence-corrected chi connectivity index (χ2v) is 5.48. The molecular weight excluding hydrogens is 246 g/mol. The SMILES string of the molecule is Cc1ccccc1-n1c2[n+](c3ccccc31)CCN2C. The number of nitrogens with zero attached hydrogens (tertiary/aromatic N) is 3. The standard InChI is InChI=1S/C17H18N3/c1-13-7-3-4-8-14(13)20-16-10-6-5-9-15(16)19-12-11-18(2)17(19)20/h3-10H,11-12H2,1-2H3/q+1. The molecule has 2 heterocycles. The lowest BCUT2D eigenvalue weighted by Crippen LogP contribution is -2.29. The number of hydrogen-bond acceptors (Lipinski definition) is 1. The number of benzene rings is 2. The van der Waals surface area contributed by atoms with Crippen LogP contribution in [0.15, 0.2) is 48.5 Å². The van der Waals surface area contributed by atoms with Gasteiger partial charge in [0.1, 0.15) is 23.3 Å². The van der Waals surface area contributed by atoms with E-state index in [0.717, 1.165) is 13.1 Å². The van der Waals surface area contributed by atoms with Crippen LogP contribution in [0.2, 0.25) is 0 Å². The van der Waals surface area contributed by atoms with E-state index in [2.05, 4.69) is 76.5 Å². The quantitative estimate of drug-likeness (QED) is 0.615. The van der Waals surface area contributed by atoms with E-state index in [-0.39, 0.29) is 0 Å². The van der Waals surface area contributed by atoms with Crippen molar-refractivity contribution in [1.29, 1.82) is 0 Å². The van der Waals surface area contributed by atoms with E-state index in [1.165, 1.54) is 28.2 Å². The van der Waals surface area contributed by atoms with Crippen LogP contribution in [0.4, 0.5) is 5.95 Å². The second-order valence-electron chi connectivity index (χ2n) is 5.48. The van der Waals surface area contributed by atoms with Crippen molar-refractivity contribution in [3.63, 3.8) is 0 Å². The van der Waals surface area contributed by atoms with Gasteiger partial charge >= 0.3 is 5.95 Å². The van der Waals surface area contributed by atoms with E-state index in [4.69, 9.17) is 0 Å². The first-order valence-corrected chi connectivity index (χ1v) is 7.08. The summed E-state index contributed by atoms with van der Waals surface area (Å²) in [5, 5.41) is 0. The van der Waals surface area contributed by atoms with Crippen molar-refractivity contribution >= 4 is 17.0 Å². The van der Waals surface area contributed by atoms with E-state index >= 15 is 0 Å². The molecule has 20 heavy (non-hydrogen) atoms. The van der Waals surface area contributed by atoms with Crippen molar-refractivity contribution < 1.29 is 4.57 Å². The Labute approximate surface area is 118 Å². The van der Waals surface area contributed by atoms with Gasteiger partial charge in [-0.3, -0.25) is 4.90 Å². The molecular formula is C17H18N3+. The van der Waals surface area contributed by atoms with Gasteiger partial charge in [-0.05, 0) is 30.7 Å². The van der Waals surface area contributed by atoms with E-state index in [9.17, 15) is 0 Å². The van der Waals surface area contributed by atoms with Gasteiger partial charge in [-0.15, -0.1) is 0 Å². The Morgan fingerprint density at radius 3 is 2.60 bits per heavy atom. The molecule has 3 heteroatoms. The molecule has 0 radical (unpaired) electrons. The Kier molecular flexibility index (Phi) is 2.36. The van der Waals surface area contributed by atoms with Crippen molar-refractivity contribution in [3.8, 4) is 5.69 Å². The molecule has 1 aliphatic heterocycles. The summed E-state index contributed by atoms with van der Waals surface area (Å²) in [4.78, 5) is 2.34. The Balaban J connectivity index is 2.14. The highest BCUT2D eigenvalue weighted by atomic mass is 15.4. The molecule has 3 aromatic rings. The van der Waals surface area contributed by atoms with E-state index in [1.54, 1.807) is 0 Å². The smallest absolute Gasteiger partial charge is 0.263 e. The van der Waals surface area contributed by atoms with Gasteiger partial charge in [-0.1, -0.05) is 30.3 Å². The highest BCUT2D eigenvalue weighted by Crippen LogP contribution is 2.28. The number of fused-ring (bicyclic) bond motifs is 3. The zero-order valence-corrected chi connectivity index (χ0v) is 11.9. The molecule has 0 N–H and O–H groups in total. The molecule has 0 atom stereocenters. The molecule has 0 aliphatic carbocycles. The highest BCUT2D eigenvalue weighted by Gasteiger charge is 2.33. The molecule has 3 nitrogen and oxygen atoms in total. The average Bonchev–Trinajstić information content (AvgIpc) is 2.99. The zero-order valence-electron chi connectivity index (χ0n) is 11.9. The number of imidazole rings is 1. The summed E-state index contributed by atoms with van der Waals surface area (Å²) in [5.74, 6) is 1.28. The van der Waals surface area contributed by atoms with Crippen LogP contribution in [-0.4, -0.2) is 18.2 Å². The van der Waals surface area contributed by atoms with Gasteiger partial charge in [0.25, 0.3) is 0 Å². The fraction of sp³-hybridized carbons (Fsp3) is 0.235. The number of anilines is 1. The molecule has 0 saturated carbocycles. The fourth-order valence-corrected chi connectivity index (χ4v) is 3.22. The van der Waals surface area contributed by atoms with Gasteiger partial charge in [0.05, 0.1) is 13.6 Å². The van der Waals surface area contributed by atoms with Crippen molar-refractivity contribution in [2.45, 2.75) is 13.5 Å². The van der Waals surface area contributed by atoms with Gasteiger partial charge < -0.3 is 0 Å². The molecule has 0 spiro atoms. The van der Waals surface area contributed by atoms with E-state index in [1.807, 2.05) is 0 Å². The van der Waals surface area contributed by atoms with Gasteiger partial charge in [-0.25, -0.2) is 4.57 Å². The third kappa shape index (κ3) is 1.43. The summed E-state index contributed by atoms with van der Waals surface area (Å²) in [6.45, 7) is 4.31. The number of rotatable bonds is 1. The lowest BCUT2D eigenvalue weighted by molar-refractivity contribution is -0.644. The third-order valence-electron chi connectivity index (χ3n) is 4.21. The maximum atomic E-state index is 2.42. The summed E-state index contributed by atoms with van der Waals surface area (Å²) in [6.07, 6.45) is 0. The highest BCUT2D eigenvalue weighted by molar-refractivity contribution is 5.78. The van der Waals surface area contributed by atoms with Crippen molar-refractivity contribution in [2.24, 2.45) is 0 Å². The first-order chi connectivity index (χ1) is 9.77. The average molecular weight is 264 g/mol. The molecule has 4 rings (SSSR count). The molecule has 0 amide bonds. The monoisotopic (exact) mass is 264 g/mol. The van der Waals surface area contributed by atoms with Crippen LogP contribution in [-0.2, 0) is 6.54 Å². The first-order valence-electron chi connectivity index (χ1n) is 7.08. The summed E-state index contributed by atoms with van der Waals surface area (Å²) >= 11 is 0. The Bertz CT molecular complexity index is 801. The molecule has 100 valence electrons. The van der Waals surface area contributed by atoms with Gasteiger partial charge in [0, 0.05) is 0 Å². The van der Waals surface area contributed by atoms with Crippen molar-refractivity contribution in [2.75, 3.05) is 18.5 Å². The minimum absolute atomic E-state index is 1.06. The van der Waals surface area contributed by atoms with Crippen LogP contribution in [0.25, 0.3) is 16.7 Å². The minimum Gasteiger partial charge on any atom is -0.263 e. The number of likely N-dealkylation sites (N-methyl/N-ethyl adjacent to an activating group) is 1. The Morgan fingerprint density at radius 2 is 1.75 bits per heavy atom. The molecule has 1 aliphatic rings. The largest absolute Gasteiger partial charge is 0.365 e. The van der Waals surface area contributed by atoms with Crippen LogP contribution in [0, 0.1) is 6.92 Å². The van der Waals surface area contributed by atoms with Crippen LogP contribution >= 0.6 is 0 Å². The predicted molar refractivity (Wildman–Crippen MR) is 81.5 cm³/mol. The number of aromatic nitrogens is 2. The predicted octanol–water partition coefficient (Wildman–Crippen LogP) is 2.68. The lowest BCUT2D eigenvalue weighted by atomic mass is 10.2. The van der Waals surface area contributed by atoms with E-state index in [0.29, 0.717) is 0 Å². The normalized spacial score (nSPS) is 14.0. The third-order valence-corrected chi connectivity index (χ3v) is 4.21. The molecule has 0 bridgehead atoms. The van der Waals surface area contributed by atoms with E-state index < -0.39 is 0 Å². The van der Waals surface area contributed by atoms with Gasteiger partial charge in [-0.2, -0.15) is 4.57 Å². The zero-order chi connectivity index (χ0) is 13.7. The summed E-state index contributed by atoms with van der Waals surface area (Å²) in [5.41, 5.74) is 5.17. The van der Waals surface area contributed by atoms with Gasteiger partial charge in [0.15, 0.2) is 0 Å². The minimum atomic E-state index is 1.06. The van der Waals surface area contributed by atoms with Crippen LogP contribution in [0.5, 0.6) is 0 Å². The Morgan fingerprint density at radius 1 is 1.00 bits per heavy atom. The topological polar surface area (TPSA) is 12.0 Å². The number of para-hydroxylation sites is 3. The maximum Gasteiger partial charge on any atom is 0.365 e. The summed E-state index contributed by atoms with van der Waals surface area (Å²) in [7, 11) is 2.17. The second kappa shape index (κ2) is 4.10. The summed E-state index contributed by atoms with van der Waals surface area (Å²) < 4.78 is 4.80. The lowest BCUT2D eigenvalue weighted by Gasteiger charge is -2.09. The van der Waals surface area contributed by atoms with Crippen LogP contribution < -0.4 is 9.47 Å². The Hall–Kier alpha value is -2.29. The summed E-state index contributed by atoms with van der Waals surface area (Å²) in [6, 6.07) is 17.3. The van der Waals surface area contributed by atoms with Crippen molar-refractivity contribution in [3.05, 3.63) is 54.1 Å². The molecule has 1 aromatic heterocycles. The molecule has 0 fully saturated rings. The molecule has 2 aromatic carbocycles. The molecule has 0 saturated heterocycles. The number of aryl methyl sites for hydroxylation is 1. The maximum absolute atomic E-state index is 2.42. The van der Waals surface area contributed by atoms with Gasteiger partial charge in [0.2, 0.25) is 0 Å². The fourth-order valence-electron chi connectivity index (χ4n) is 3.22. The first kappa shape index (κ1) is 11.5. The van der Waals surface area contributed by atoms with Crippen molar-refractivity contribution in [1.82, 2.24) is 4.57 Å². The number of hydrogen-bond donors (Lipinski definition) is 0.